The molecule has 0 bridgehead atoms. The number of rotatable bonds is 5. The van der Waals surface area contributed by atoms with Crippen LogP contribution in [0.1, 0.15) is 44.1 Å². The summed E-state index contributed by atoms with van der Waals surface area (Å²) in [5, 5.41) is 9.07. The smallest absolute Gasteiger partial charge is 0.310 e. The molecular weight excluding hydrogens is 256 g/mol. The largest absolute Gasteiger partial charge is 0.481 e. The number of benzene rings is 1. The van der Waals surface area contributed by atoms with Crippen LogP contribution in [0.5, 0.6) is 0 Å². The molecule has 0 amide bonds. The Balaban J connectivity index is 1.88. The second-order valence-electron chi connectivity index (χ2n) is 5.42. The zero-order chi connectivity index (χ0) is 14.5. The Labute approximate surface area is 118 Å². The van der Waals surface area contributed by atoms with E-state index in [0.29, 0.717) is 12.8 Å². The number of ether oxygens (including phenoxy) is 1. The Hall–Kier alpha value is -1.84. The van der Waals surface area contributed by atoms with Crippen LogP contribution < -0.4 is 0 Å². The first-order chi connectivity index (χ1) is 9.58. The van der Waals surface area contributed by atoms with Gasteiger partial charge in [0.2, 0.25) is 0 Å². The average molecular weight is 276 g/mol. The van der Waals surface area contributed by atoms with Crippen molar-refractivity contribution < 1.29 is 19.4 Å². The van der Waals surface area contributed by atoms with Crippen molar-refractivity contribution in [3.63, 3.8) is 0 Å². The summed E-state index contributed by atoms with van der Waals surface area (Å²) in [5.41, 5.74) is 1.09. The van der Waals surface area contributed by atoms with Gasteiger partial charge in [0.05, 0.1) is 12.3 Å². The summed E-state index contributed by atoms with van der Waals surface area (Å²) in [6.07, 6.45) is 1.89. The molecule has 108 valence electrons. The molecule has 3 unspecified atom stereocenters. The summed E-state index contributed by atoms with van der Waals surface area (Å²) >= 11 is 0. The molecule has 0 saturated heterocycles. The molecule has 1 aromatic rings. The second kappa shape index (κ2) is 6.55. The first-order valence-electron chi connectivity index (χ1n) is 7.05. The van der Waals surface area contributed by atoms with Crippen LogP contribution in [0.4, 0.5) is 0 Å². The van der Waals surface area contributed by atoms with E-state index < -0.39 is 18.0 Å². The number of carbonyl (C=O) groups excluding carboxylic acids is 1. The van der Waals surface area contributed by atoms with Crippen molar-refractivity contribution in [3.05, 3.63) is 35.9 Å². The molecule has 0 aliphatic heterocycles. The third-order valence-electron chi connectivity index (χ3n) is 3.89. The van der Waals surface area contributed by atoms with Crippen LogP contribution in [-0.4, -0.2) is 23.1 Å². The highest BCUT2D eigenvalue weighted by Crippen LogP contribution is 2.29. The number of esters is 1. The van der Waals surface area contributed by atoms with Crippen LogP contribution >= 0.6 is 0 Å². The van der Waals surface area contributed by atoms with Crippen LogP contribution in [0, 0.1) is 5.92 Å². The summed E-state index contributed by atoms with van der Waals surface area (Å²) in [6, 6.07) is 9.77. The van der Waals surface area contributed by atoms with Gasteiger partial charge in [-0.05, 0) is 30.7 Å². The lowest BCUT2D eigenvalue weighted by Gasteiger charge is -2.18. The summed E-state index contributed by atoms with van der Waals surface area (Å²) in [5.74, 6) is -1.63. The van der Waals surface area contributed by atoms with Gasteiger partial charge in [0.1, 0.15) is 6.10 Å². The Bertz CT molecular complexity index is 469. The number of carboxylic acid groups (broad SMARTS) is 1. The Kier molecular flexibility index (Phi) is 4.77. The Morgan fingerprint density at radius 3 is 2.65 bits per heavy atom. The van der Waals surface area contributed by atoms with E-state index in [1.807, 2.05) is 37.3 Å². The topological polar surface area (TPSA) is 63.6 Å². The zero-order valence-electron chi connectivity index (χ0n) is 11.6. The van der Waals surface area contributed by atoms with Crippen molar-refractivity contribution >= 4 is 11.9 Å². The van der Waals surface area contributed by atoms with Gasteiger partial charge in [-0.1, -0.05) is 37.3 Å². The molecule has 1 fully saturated rings. The molecule has 3 atom stereocenters. The van der Waals surface area contributed by atoms with Crippen LogP contribution in [-0.2, 0) is 14.3 Å². The Morgan fingerprint density at radius 1 is 1.30 bits per heavy atom. The fourth-order valence-electron chi connectivity index (χ4n) is 2.72. The number of aliphatic carboxylic acids is 1. The summed E-state index contributed by atoms with van der Waals surface area (Å²) in [7, 11) is 0. The van der Waals surface area contributed by atoms with Crippen molar-refractivity contribution in [1.82, 2.24) is 0 Å². The van der Waals surface area contributed by atoms with Gasteiger partial charge in [-0.25, -0.2) is 0 Å². The summed E-state index contributed by atoms with van der Waals surface area (Å²) < 4.78 is 5.36. The van der Waals surface area contributed by atoms with Gasteiger partial charge in [-0.3, -0.25) is 9.59 Å². The minimum Gasteiger partial charge on any atom is -0.481 e. The molecule has 0 aromatic heterocycles. The monoisotopic (exact) mass is 276 g/mol. The van der Waals surface area contributed by atoms with E-state index in [0.717, 1.165) is 12.0 Å². The number of carboxylic acids is 1. The third kappa shape index (κ3) is 3.59. The molecular formula is C16H20O4. The van der Waals surface area contributed by atoms with Crippen LogP contribution in [0.15, 0.2) is 30.3 Å². The molecule has 2 rings (SSSR count). The van der Waals surface area contributed by atoms with Gasteiger partial charge in [-0.2, -0.15) is 0 Å². The maximum Gasteiger partial charge on any atom is 0.310 e. The van der Waals surface area contributed by atoms with Crippen molar-refractivity contribution in [1.29, 1.82) is 0 Å². The van der Waals surface area contributed by atoms with Crippen molar-refractivity contribution in [2.75, 3.05) is 0 Å². The predicted molar refractivity (Wildman–Crippen MR) is 74.3 cm³/mol. The molecule has 4 heteroatoms. The maximum absolute atomic E-state index is 11.9. The minimum atomic E-state index is -0.864. The van der Waals surface area contributed by atoms with E-state index in [4.69, 9.17) is 9.84 Å². The molecule has 1 aliphatic rings. The van der Waals surface area contributed by atoms with Crippen molar-refractivity contribution in [2.45, 2.75) is 44.6 Å². The molecule has 20 heavy (non-hydrogen) atoms. The van der Waals surface area contributed by atoms with Crippen molar-refractivity contribution in [3.8, 4) is 0 Å². The van der Waals surface area contributed by atoms with Gasteiger partial charge < -0.3 is 9.84 Å². The molecule has 0 spiro atoms. The van der Waals surface area contributed by atoms with Crippen molar-refractivity contribution in [2.24, 2.45) is 5.92 Å². The third-order valence-corrected chi connectivity index (χ3v) is 3.89. The highest BCUT2D eigenvalue weighted by molar-refractivity contribution is 5.74. The normalized spacial score (nSPS) is 23.2. The van der Waals surface area contributed by atoms with Crippen LogP contribution in [0.25, 0.3) is 0 Å². The lowest BCUT2D eigenvalue weighted by Crippen LogP contribution is -2.28. The Morgan fingerprint density at radius 2 is 2.00 bits per heavy atom. The van der Waals surface area contributed by atoms with E-state index in [-0.39, 0.29) is 18.3 Å². The van der Waals surface area contributed by atoms with E-state index >= 15 is 0 Å². The SMILES string of the molecule is CC(CC(=O)OC1CCCC1C(=O)O)c1ccccc1. The molecule has 1 aliphatic carbocycles. The molecule has 1 saturated carbocycles. The molecule has 1 N–H and O–H groups in total. The number of carbonyl (C=O) groups is 2. The van der Waals surface area contributed by atoms with E-state index in [2.05, 4.69) is 0 Å². The van der Waals surface area contributed by atoms with Crippen LogP contribution in [0.3, 0.4) is 0 Å². The standard InChI is InChI=1S/C16H20O4/c1-11(12-6-3-2-4-7-12)10-15(17)20-14-9-5-8-13(14)16(18)19/h2-4,6-7,11,13-14H,5,8-10H2,1H3,(H,18,19). The zero-order valence-corrected chi connectivity index (χ0v) is 11.6. The van der Waals surface area contributed by atoms with Gasteiger partial charge in [-0.15, -0.1) is 0 Å². The first kappa shape index (κ1) is 14.6. The number of hydrogen-bond acceptors (Lipinski definition) is 3. The van der Waals surface area contributed by atoms with Gasteiger partial charge in [0.25, 0.3) is 0 Å². The van der Waals surface area contributed by atoms with E-state index in [9.17, 15) is 9.59 Å². The highest BCUT2D eigenvalue weighted by atomic mass is 16.5. The lowest BCUT2D eigenvalue weighted by molar-refractivity contribution is -0.157. The highest BCUT2D eigenvalue weighted by Gasteiger charge is 2.35. The van der Waals surface area contributed by atoms with E-state index in [1.165, 1.54) is 0 Å². The van der Waals surface area contributed by atoms with E-state index in [1.54, 1.807) is 0 Å². The molecule has 4 nitrogen and oxygen atoms in total. The summed E-state index contributed by atoms with van der Waals surface area (Å²) in [4.78, 5) is 23.0. The lowest BCUT2D eigenvalue weighted by atomic mass is 9.98. The molecule has 0 radical (unpaired) electrons. The second-order valence-corrected chi connectivity index (χ2v) is 5.42. The average Bonchev–Trinajstić information content (AvgIpc) is 2.87. The molecule has 1 aromatic carbocycles. The number of hydrogen-bond donors (Lipinski definition) is 1. The first-order valence-corrected chi connectivity index (χ1v) is 7.05. The minimum absolute atomic E-state index is 0.0772. The maximum atomic E-state index is 11.9. The van der Waals surface area contributed by atoms with Gasteiger partial charge >= 0.3 is 11.9 Å². The summed E-state index contributed by atoms with van der Waals surface area (Å²) in [6.45, 7) is 1.97. The van der Waals surface area contributed by atoms with Gasteiger partial charge in [0, 0.05) is 0 Å². The van der Waals surface area contributed by atoms with Gasteiger partial charge in [0.15, 0.2) is 0 Å². The predicted octanol–water partition coefficient (Wildman–Crippen LogP) is 2.98. The quantitative estimate of drug-likeness (QED) is 0.840. The fraction of sp³-hybridized carbons (Fsp3) is 0.500. The molecule has 0 heterocycles. The fourth-order valence-corrected chi connectivity index (χ4v) is 2.72. The van der Waals surface area contributed by atoms with Crippen LogP contribution in [0.2, 0.25) is 0 Å².